The molecule has 3 heterocycles. The Morgan fingerprint density at radius 1 is 1.28 bits per heavy atom. The Balaban J connectivity index is 1.44. The molecular formula is C22H32FN3O5S. The predicted octanol–water partition coefficient (Wildman–Crippen LogP) is 1.07. The van der Waals surface area contributed by atoms with Gasteiger partial charge in [-0.15, -0.1) is 0 Å². The van der Waals surface area contributed by atoms with Gasteiger partial charge in [0.05, 0.1) is 43.8 Å². The third-order valence-corrected chi connectivity index (χ3v) is 7.40. The van der Waals surface area contributed by atoms with Crippen molar-refractivity contribution in [3.63, 3.8) is 0 Å². The van der Waals surface area contributed by atoms with Crippen molar-refractivity contribution in [3.05, 3.63) is 30.1 Å². The predicted molar refractivity (Wildman–Crippen MR) is 119 cm³/mol. The molecule has 10 heteroatoms. The number of Topliss-reactive ketones (excluding diaryl/α,β-unsaturated/α-hetero) is 1. The number of piperidine rings is 2. The lowest BCUT2D eigenvalue weighted by molar-refractivity contribution is -0.150. The van der Waals surface area contributed by atoms with E-state index in [0.29, 0.717) is 57.8 Å². The molecule has 2 N–H and O–H groups in total. The summed E-state index contributed by atoms with van der Waals surface area (Å²) < 4.78 is 52.3. The van der Waals surface area contributed by atoms with Crippen LogP contribution in [0.4, 0.5) is 10.1 Å². The molecule has 2 atom stereocenters. The van der Waals surface area contributed by atoms with Crippen LogP contribution >= 0.6 is 0 Å². The van der Waals surface area contributed by atoms with Gasteiger partial charge in [-0.25, -0.2) is 17.5 Å². The number of halogens is 1. The van der Waals surface area contributed by atoms with Crippen LogP contribution < -0.4 is 14.9 Å². The van der Waals surface area contributed by atoms with Crippen molar-refractivity contribution in [2.24, 2.45) is 5.92 Å². The Kier molecular flexibility index (Phi) is 7.16. The summed E-state index contributed by atoms with van der Waals surface area (Å²) in [6.45, 7) is 2.74. The minimum absolute atomic E-state index is 0.0478. The highest BCUT2D eigenvalue weighted by Crippen LogP contribution is 2.30. The SMILES string of the molecule is CS(=O)(=O)NC1CCCNC1(COC1CCN(c2ccccc2F)CC1)C(=O)C1COC1. The summed E-state index contributed by atoms with van der Waals surface area (Å²) in [6, 6.07) is 6.16. The summed E-state index contributed by atoms with van der Waals surface area (Å²) >= 11 is 0. The van der Waals surface area contributed by atoms with Gasteiger partial charge in [0.15, 0.2) is 5.78 Å². The van der Waals surface area contributed by atoms with E-state index < -0.39 is 21.6 Å². The molecule has 0 aromatic heterocycles. The van der Waals surface area contributed by atoms with Gasteiger partial charge < -0.3 is 19.7 Å². The van der Waals surface area contributed by atoms with Crippen LogP contribution in [0.3, 0.4) is 0 Å². The first-order valence-electron chi connectivity index (χ1n) is 11.2. The molecule has 0 radical (unpaired) electrons. The molecule has 0 amide bonds. The van der Waals surface area contributed by atoms with Gasteiger partial charge in [0.2, 0.25) is 10.0 Å². The number of benzene rings is 1. The van der Waals surface area contributed by atoms with E-state index in [1.54, 1.807) is 12.1 Å². The van der Waals surface area contributed by atoms with E-state index in [9.17, 15) is 17.6 Å². The number of nitrogens with one attached hydrogen (secondary N) is 2. The van der Waals surface area contributed by atoms with Crippen LogP contribution in [-0.2, 0) is 24.3 Å². The molecule has 3 aliphatic rings. The van der Waals surface area contributed by atoms with E-state index in [-0.39, 0.29) is 30.2 Å². The number of anilines is 1. The van der Waals surface area contributed by atoms with Crippen LogP contribution in [0.15, 0.2) is 24.3 Å². The molecule has 32 heavy (non-hydrogen) atoms. The fraction of sp³-hybridized carbons (Fsp3) is 0.682. The molecule has 1 aromatic rings. The largest absolute Gasteiger partial charge is 0.380 e. The second-order valence-corrected chi connectivity index (χ2v) is 10.8. The minimum atomic E-state index is -3.50. The van der Waals surface area contributed by atoms with Crippen molar-refractivity contribution >= 4 is 21.5 Å². The maximum Gasteiger partial charge on any atom is 0.209 e. The zero-order valence-electron chi connectivity index (χ0n) is 18.4. The minimum Gasteiger partial charge on any atom is -0.380 e. The van der Waals surface area contributed by atoms with Gasteiger partial charge in [-0.3, -0.25) is 4.79 Å². The van der Waals surface area contributed by atoms with Crippen LogP contribution in [0.1, 0.15) is 25.7 Å². The molecule has 1 aromatic carbocycles. The summed E-state index contributed by atoms with van der Waals surface area (Å²) in [5.74, 6) is -0.537. The maximum absolute atomic E-state index is 14.1. The second-order valence-electron chi connectivity index (χ2n) is 9.03. The first-order chi connectivity index (χ1) is 15.3. The zero-order valence-corrected chi connectivity index (χ0v) is 19.2. The highest BCUT2D eigenvalue weighted by molar-refractivity contribution is 7.88. The third kappa shape index (κ3) is 5.14. The zero-order chi connectivity index (χ0) is 22.8. The number of hydrogen-bond acceptors (Lipinski definition) is 7. The summed E-state index contributed by atoms with van der Waals surface area (Å²) in [4.78, 5) is 15.4. The van der Waals surface area contributed by atoms with Crippen molar-refractivity contribution in [2.45, 2.75) is 43.4 Å². The molecule has 0 saturated carbocycles. The van der Waals surface area contributed by atoms with Gasteiger partial charge in [0.25, 0.3) is 0 Å². The fourth-order valence-corrected chi connectivity index (χ4v) is 5.69. The molecule has 0 aliphatic carbocycles. The summed E-state index contributed by atoms with van der Waals surface area (Å²) in [7, 11) is -3.50. The van der Waals surface area contributed by atoms with Crippen LogP contribution in [-0.4, -0.2) is 77.6 Å². The molecule has 2 unspecified atom stereocenters. The molecule has 3 aliphatic heterocycles. The van der Waals surface area contributed by atoms with Crippen LogP contribution in [0.25, 0.3) is 0 Å². The van der Waals surface area contributed by atoms with Crippen molar-refractivity contribution in [2.75, 3.05) is 50.6 Å². The summed E-state index contributed by atoms with van der Waals surface area (Å²) in [5, 5.41) is 3.32. The number of ketones is 1. The molecule has 8 nitrogen and oxygen atoms in total. The number of ether oxygens (including phenoxy) is 2. The second kappa shape index (κ2) is 9.72. The first kappa shape index (κ1) is 23.6. The maximum atomic E-state index is 14.1. The van der Waals surface area contributed by atoms with E-state index in [1.807, 2.05) is 11.0 Å². The van der Waals surface area contributed by atoms with Gasteiger partial charge in [0, 0.05) is 19.1 Å². The average Bonchev–Trinajstić information content (AvgIpc) is 2.72. The van der Waals surface area contributed by atoms with E-state index in [4.69, 9.17) is 9.47 Å². The number of hydrogen-bond donors (Lipinski definition) is 2. The monoisotopic (exact) mass is 469 g/mol. The van der Waals surface area contributed by atoms with Crippen molar-refractivity contribution < 1.29 is 27.1 Å². The normalized spacial score (nSPS) is 27.8. The number of carbonyl (C=O) groups is 1. The Hall–Kier alpha value is -1.59. The molecular weight excluding hydrogens is 437 g/mol. The molecule has 3 saturated heterocycles. The molecule has 0 bridgehead atoms. The van der Waals surface area contributed by atoms with E-state index in [0.717, 1.165) is 12.7 Å². The van der Waals surface area contributed by atoms with Gasteiger partial charge in [0.1, 0.15) is 11.4 Å². The lowest BCUT2D eigenvalue weighted by Crippen LogP contribution is -2.72. The first-order valence-corrected chi connectivity index (χ1v) is 13.1. The van der Waals surface area contributed by atoms with Crippen LogP contribution in [0.5, 0.6) is 0 Å². The number of carbonyl (C=O) groups excluding carboxylic acids is 1. The Labute approximate surface area is 188 Å². The van der Waals surface area contributed by atoms with Crippen molar-refractivity contribution in [3.8, 4) is 0 Å². The molecule has 4 rings (SSSR count). The number of rotatable bonds is 8. The Morgan fingerprint density at radius 2 is 2.00 bits per heavy atom. The quantitative estimate of drug-likeness (QED) is 0.588. The summed E-state index contributed by atoms with van der Waals surface area (Å²) in [5.41, 5.74) is -0.521. The number of para-hydroxylation sites is 1. The standard InChI is InChI=1S/C22H32FN3O5S/c1-32(28,29)25-20-7-4-10-24-22(20,21(27)16-13-30-14-16)15-31-17-8-11-26(12-9-17)19-6-3-2-5-18(19)23/h2-3,5-6,16-17,20,24-25H,4,7-15H2,1H3. The lowest BCUT2D eigenvalue weighted by atomic mass is 9.76. The summed E-state index contributed by atoms with van der Waals surface area (Å²) in [6.07, 6.45) is 3.77. The number of nitrogens with zero attached hydrogens (tertiary/aromatic N) is 1. The van der Waals surface area contributed by atoms with Gasteiger partial charge >= 0.3 is 0 Å². The molecule has 0 spiro atoms. The smallest absolute Gasteiger partial charge is 0.209 e. The fourth-order valence-electron chi connectivity index (χ4n) is 4.86. The van der Waals surface area contributed by atoms with Crippen LogP contribution in [0.2, 0.25) is 0 Å². The lowest BCUT2D eigenvalue weighted by Gasteiger charge is -2.47. The highest BCUT2D eigenvalue weighted by atomic mass is 32.2. The molecule has 3 fully saturated rings. The van der Waals surface area contributed by atoms with Crippen LogP contribution in [0, 0.1) is 11.7 Å². The van der Waals surface area contributed by atoms with Crippen molar-refractivity contribution in [1.29, 1.82) is 0 Å². The van der Waals surface area contributed by atoms with Gasteiger partial charge in [-0.05, 0) is 44.4 Å². The molecule has 178 valence electrons. The van der Waals surface area contributed by atoms with E-state index >= 15 is 0 Å². The van der Waals surface area contributed by atoms with E-state index in [1.165, 1.54) is 6.07 Å². The highest BCUT2D eigenvalue weighted by Gasteiger charge is 2.52. The van der Waals surface area contributed by atoms with Gasteiger partial charge in [-0.1, -0.05) is 12.1 Å². The van der Waals surface area contributed by atoms with Crippen molar-refractivity contribution in [1.82, 2.24) is 10.0 Å². The topological polar surface area (TPSA) is 97.0 Å². The third-order valence-electron chi connectivity index (χ3n) is 6.69. The number of sulfonamides is 1. The Morgan fingerprint density at radius 3 is 2.62 bits per heavy atom. The van der Waals surface area contributed by atoms with Gasteiger partial charge in [-0.2, -0.15) is 0 Å². The Bertz CT molecular complexity index is 918. The average molecular weight is 470 g/mol. The van der Waals surface area contributed by atoms with E-state index in [2.05, 4.69) is 10.0 Å².